The molecule has 1 aromatic carbocycles. The fourth-order valence-electron chi connectivity index (χ4n) is 3.01. The first kappa shape index (κ1) is 14.5. The third-order valence-corrected chi connectivity index (χ3v) is 4.25. The maximum atomic E-state index is 5.63. The van der Waals surface area contributed by atoms with E-state index in [9.17, 15) is 0 Å². The van der Waals surface area contributed by atoms with Crippen molar-refractivity contribution in [2.75, 3.05) is 13.7 Å². The first-order valence-corrected chi connectivity index (χ1v) is 7.64. The lowest BCUT2D eigenvalue weighted by Gasteiger charge is -2.37. The van der Waals surface area contributed by atoms with E-state index in [-0.39, 0.29) is 0 Å². The van der Waals surface area contributed by atoms with Crippen molar-refractivity contribution in [1.29, 1.82) is 0 Å². The fourth-order valence-corrected chi connectivity index (χ4v) is 3.01. The summed E-state index contributed by atoms with van der Waals surface area (Å²) in [5, 5.41) is 3.48. The third kappa shape index (κ3) is 4.63. The summed E-state index contributed by atoms with van der Waals surface area (Å²) in [4.78, 5) is 0. The molecule has 1 aromatic rings. The molecular weight excluding hydrogens is 234 g/mol. The topological polar surface area (TPSA) is 21.3 Å². The van der Waals surface area contributed by atoms with E-state index in [1.807, 2.05) is 0 Å². The van der Waals surface area contributed by atoms with E-state index in [0.29, 0.717) is 12.1 Å². The maximum Gasteiger partial charge on any atom is 0.0580 e. The van der Waals surface area contributed by atoms with Gasteiger partial charge in [-0.3, -0.25) is 0 Å². The molecule has 2 nitrogen and oxygen atoms in total. The van der Waals surface area contributed by atoms with Gasteiger partial charge in [0.1, 0.15) is 0 Å². The zero-order valence-corrected chi connectivity index (χ0v) is 12.3. The lowest BCUT2D eigenvalue weighted by atomic mass is 9.77. The van der Waals surface area contributed by atoms with Crippen LogP contribution in [0.1, 0.15) is 38.2 Å². The summed E-state index contributed by atoms with van der Waals surface area (Å²) < 4.78 is 5.63. The molecular formula is C17H27NO. The second-order valence-corrected chi connectivity index (χ2v) is 5.66. The molecule has 1 unspecified atom stereocenters. The molecule has 0 amide bonds. The highest BCUT2D eigenvalue weighted by molar-refractivity contribution is 5.14. The van der Waals surface area contributed by atoms with Crippen LogP contribution in [0.25, 0.3) is 0 Å². The number of benzene rings is 1. The molecule has 0 aliphatic heterocycles. The van der Waals surface area contributed by atoms with Crippen LogP contribution in [0.15, 0.2) is 30.3 Å². The highest BCUT2D eigenvalue weighted by atomic mass is 16.5. The number of hydrogen-bond donors (Lipinski definition) is 1. The van der Waals surface area contributed by atoms with Crippen LogP contribution < -0.4 is 5.32 Å². The zero-order valence-electron chi connectivity index (χ0n) is 12.3. The van der Waals surface area contributed by atoms with Crippen molar-refractivity contribution in [2.45, 2.75) is 51.2 Å². The van der Waals surface area contributed by atoms with Crippen molar-refractivity contribution < 1.29 is 4.74 Å². The molecule has 106 valence electrons. The summed E-state index contributed by atoms with van der Waals surface area (Å²) in [6, 6.07) is 11.4. The van der Waals surface area contributed by atoms with Gasteiger partial charge in [0.2, 0.25) is 0 Å². The minimum atomic E-state index is 0.543. The van der Waals surface area contributed by atoms with Crippen LogP contribution in [0.5, 0.6) is 0 Å². The number of nitrogens with one attached hydrogen (secondary N) is 1. The molecule has 1 aliphatic carbocycles. The van der Waals surface area contributed by atoms with E-state index in [1.54, 1.807) is 0 Å². The Morgan fingerprint density at radius 1 is 1.26 bits per heavy atom. The van der Waals surface area contributed by atoms with Gasteiger partial charge in [0.05, 0.1) is 6.10 Å². The van der Waals surface area contributed by atoms with E-state index in [1.165, 1.54) is 37.7 Å². The summed E-state index contributed by atoms with van der Waals surface area (Å²) in [5.41, 5.74) is 1.45. The van der Waals surface area contributed by atoms with Gasteiger partial charge >= 0.3 is 0 Å². The van der Waals surface area contributed by atoms with Crippen LogP contribution in [0, 0.1) is 5.92 Å². The SMILES string of the molecule is CCOC1CC(CC(CCc2ccccc2)NC)C1. The van der Waals surface area contributed by atoms with Crippen molar-refractivity contribution in [3.8, 4) is 0 Å². The average Bonchev–Trinajstić information content (AvgIpc) is 2.41. The standard InChI is InChI=1S/C17H27NO/c1-3-19-17-12-15(13-17)11-16(18-2)10-9-14-7-5-4-6-8-14/h4-8,15-18H,3,9-13H2,1-2H3. The van der Waals surface area contributed by atoms with Gasteiger partial charge in [-0.05, 0) is 57.6 Å². The summed E-state index contributed by atoms with van der Waals surface area (Å²) >= 11 is 0. The molecule has 1 N–H and O–H groups in total. The fraction of sp³-hybridized carbons (Fsp3) is 0.647. The minimum absolute atomic E-state index is 0.543. The summed E-state index contributed by atoms with van der Waals surface area (Å²) in [6.07, 6.45) is 6.77. The van der Waals surface area contributed by atoms with Gasteiger partial charge in [-0.15, -0.1) is 0 Å². The van der Waals surface area contributed by atoms with Gasteiger partial charge in [-0.2, -0.15) is 0 Å². The molecule has 0 heterocycles. The van der Waals surface area contributed by atoms with Crippen LogP contribution >= 0.6 is 0 Å². The first-order valence-electron chi connectivity index (χ1n) is 7.64. The number of hydrogen-bond acceptors (Lipinski definition) is 2. The smallest absolute Gasteiger partial charge is 0.0580 e. The van der Waals surface area contributed by atoms with Crippen LogP contribution in [0.3, 0.4) is 0 Å². The highest BCUT2D eigenvalue weighted by Crippen LogP contribution is 2.34. The largest absolute Gasteiger partial charge is 0.378 e. The molecule has 0 aromatic heterocycles. The Balaban J connectivity index is 1.67. The predicted molar refractivity (Wildman–Crippen MR) is 80.4 cm³/mol. The Kier molecular flexibility index (Phi) is 5.87. The molecule has 2 rings (SSSR count). The number of rotatable bonds is 8. The van der Waals surface area contributed by atoms with Gasteiger partial charge < -0.3 is 10.1 Å². The van der Waals surface area contributed by atoms with Crippen LogP contribution in [-0.4, -0.2) is 25.8 Å². The number of aryl methyl sites for hydroxylation is 1. The van der Waals surface area contributed by atoms with Gasteiger partial charge in [0.15, 0.2) is 0 Å². The van der Waals surface area contributed by atoms with Crippen molar-refractivity contribution in [3.63, 3.8) is 0 Å². The highest BCUT2D eigenvalue weighted by Gasteiger charge is 2.30. The Hall–Kier alpha value is -0.860. The molecule has 1 fully saturated rings. The molecule has 1 aliphatic rings. The number of ether oxygens (including phenoxy) is 1. The molecule has 0 bridgehead atoms. The Morgan fingerprint density at radius 2 is 2.00 bits per heavy atom. The van der Waals surface area contributed by atoms with Crippen molar-refractivity contribution in [3.05, 3.63) is 35.9 Å². The van der Waals surface area contributed by atoms with E-state index in [4.69, 9.17) is 4.74 Å². The molecule has 2 heteroatoms. The van der Waals surface area contributed by atoms with Crippen molar-refractivity contribution in [2.24, 2.45) is 5.92 Å². The first-order chi connectivity index (χ1) is 9.31. The summed E-state index contributed by atoms with van der Waals surface area (Å²) in [5.74, 6) is 0.866. The van der Waals surface area contributed by atoms with E-state index in [2.05, 4.69) is 49.6 Å². The van der Waals surface area contributed by atoms with Gasteiger partial charge in [-0.25, -0.2) is 0 Å². The van der Waals surface area contributed by atoms with Gasteiger partial charge in [0.25, 0.3) is 0 Å². The normalized spacial score (nSPS) is 23.9. The molecule has 0 radical (unpaired) electrons. The van der Waals surface area contributed by atoms with Crippen LogP contribution in [0.2, 0.25) is 0 Å². The second kappa shape index (κ2) is 7.66. The molecule has 1 atom stereocenters. The monoisotopic (exact) mass is 261 g/mol. The minimum Gasteiger partial charge on any atom is -0.378 e. The Bertz CT molecular complexity index is 346. The van der Waals surface area contributed by atoms with Gasteiger partial charge in [0, 0.05) is 12.6 Å². The van der Waals surface area contributed by atoms with Crippen molar-refractivity contribution >= 4 is 0 Å². The average molecular weight is 261 g/mol. The maximum absolute atomic E-state index is 5.63. The van der Waals surface area contributed by atoms with Crippen molar-refractivity contribution in [1.82, 2.24) is 5.32 Å². The lowest BCUT2D eigenvalue weighted by Crippen LogP contribution is -2.37. The summed E-state index contributed by atoms with van der Waals surface area (Å²) in [7, 11) is 2.09. The Morgan fingerprint density at radius 3 is 2.63 bits per heavy atom. The van der Waals surface area contributed by atoms with Gasteiger partial charge in [-0.1, -0.05) is 30.3 Å². The lowest BCUT2D eigenvalue weighted by molar-refractivity contribution is -0.0290. The van der Waals surface area contributed by atoms with Crippen LogP contribution in [-0.2, 0) is 11.2 Å². The quantitative estimate of drug-likeness (QED) is 0.774. The molecule has 19 heavy (non-hydrogen) atoms. The summed E-state index contributed by atoms with van der Waals surface area (Å²) in [6.45, 7) is 2.95. The van der Waals surface area contributed by atoms with Crippen LogP contribution in [0.4, 0.5) is 0 Å². The molecule has 0 saturated heterocycles. The zero-order chi connectivity index (χ0) is 13.5. The molecule has 0 spiro atoms. The molecule has 1 saturated carbocycles. The van der Waals surface area contributed by atoms with E-state index < -0.39 is 0 Å². The van der Waals surface area contributed by atoms with E-state index >= 15 is 0 Å². The second-order valence-electron chi connectivity index (χ2n) is 5.66. The van der Waals surface area contributed by atoms with E-state index in [0.717, 1.165) is 12.5 Å². The third-order valence-electron chi connectivity index (χ3n) is 4.25. The predicted octanol–water partition coefficient (Wildman–Crippen LogP) is 3.41. The Labute approximate surface area is 117 Å².